The second-order valence-electron chi connectivity index (χ2n) is 5.52. The number of amides is 1. The Morgan fingerprint density at radius 3 is 2.58 bits per heavy atom. The number of halogens is 1. The monoisotopic (exact) mass is 415 g/mol. The number of rotatable bonds is 6. The summed E-state index contributed by atoms with van der Waals surface area (Å²) in [5.74, 6) is 1.36. The molecular formula is C19H18BrN3O3. The van der Waals surface area contributed by atoms with E-state index in [4.69, 9.17) is 9.47 Å². The van der Waals surface area contributed by atoms with Crippen LogP contribution in [0.15, 0.2) is 59.2 Å². The third-order valence-corrected chi connectivity index (χ3v) is 4.38. The molecule has 1 amide bonds. The van der Waals surface area contributed by atoms with E-state index < -0.39 is 0 Å². The Morgan fingerprint density at radius 1 is 1.12 bits per heavy atom. The second kappa shape index (κ2) is 8.05. The summed E-state index contributed by atoms with van der Waals surface area (Å²) in [6.07, 6.45) is 1.65. The van der Waals surface area contributed by atoms with Crippen LogP contribution in [0.25, 0.3) is 0 Å². The van der Waals surface area contributed by atoms with Gasteiger partial charge in [0.1, 0.15) is 17.3 Å². The Balaban J connectivity index is 1.81. The molecule has 1 N–H and O–H groups in total. The molecule has 7 heteroatoms. The van der Waals surface area contributed by atoms with Gasteiger partial charge in [0.05, 0.1) is 32.5 Å². The Kier molecular flexibility index (Phi) is 5.58. The molecule has 0 radical (unpaired) electrons. The van der Waals surface area contributed by atoms with Crippen molar-refractivity contribution in [3.63, 3.8) is 0 Å². The van der Waals surface area contributed by atoms with Gasteiger partial charge in [-0.3, -0.25) is 4.79 Å². The van der Waals surface area contributed by atoms with E-state index in [1.165, 1.54) is 7.11 Å². The Hall–Kier alpha value is -2.80. The van der Waals surface area contributed by atoms with Crippen molar-refractivity contribution in [2.45, 2.75) is 6.54 Å². The van der Waals surface area contributed by atoms with Crippen molar-refractivity contribution in [2.24, 2.45) is 0 Å². The van der Waals surface area contributed by atoms with E-state index in [1.54, 1.807) is 42.3 Å². The number of aromatic nitrogens is 2. The zero-order chi connectivity index (χ0) is 18.5. The lowest BCUT2D eigenvalue weighted by atomic mass is 10.1. The van der Waals surface area contributed by atoms with Crippen molar-refractivity contribution >= 4 is 27.7 Å². The maximum absolute atomic E-state index is 12.7. The number of benzene rings is 2. The first-order valence-electron chi connectivity index (χ1n) is 7.90. The smallest absolute Gasteiger partial charge is 0.260 e. The molecule has 0 saturated heterocycles. The zero-order valence-electron chi connectivity index (χ0n) is 14.4. The van der Waals surface area contributed by atoms with Crippen LogP contribution in [0.2, 0.25) is 0 Å². The summed E-state index contributed by atoms with van der Waals surface area (Å²) in [5.41, 5.74) is 1.47. The molecule has 1 heterocycles. The molecule has 0 aliphatic rings. The lowest BCUT2D eigenvalue weighted by Gasteiger charge is -2.12. The Labute approximate surface area is 159 Å². The predicted octanol–water partition coefficient (Wildman–Crippen LogP) is 3.96. The van der Waals surface area contributed by atoms with Crippen LogP contribution in [-0.4, -0.2) is 29.9 Å². The minimum Gasteiger partial charge on any atom is -0.497 e. The van der Waals surface area contributed by atoms with Gasteiger partial charge in [0.15, 0.2) is 0 Å². The molecule has 0 saturated carbocycles. The molecular weight excluding hydrogens is 398 g/mol. The van der Waals surface area contributed by atoms with Gasteiger partial charge in [-0.2, -0.15) is 5.10 Å². The van der Waals surface area contributed by atoms with Crippen molar-refractivity contribution in [3.8, 4) is 11.5 Å². The van der Waals surface area contributed by atoms with Crippen LogP contribution in [0.3, 0.4) is 0 Å². The summed E-state index contributed by atoms with van der Waals surface area (Å²) in [4.78, 5) is 12.7. The fourth-order valence-corrected chi connectivity index (χ4v) is 2.77. The SMILES string of the molecule is COc1ccc(OC)c(C(=O)Nc2ccnn2Cc2ccc(Br)cc2)c1. The third-order valence-electron chi connectivity index (χ3n) is 3.86. The van der Waals surface area contributed by atoms with Gasteiger partial charge in [-0.15, -0.1) is 0 Å². The molecule has 134 valence electrons. The van der Waals surface area contributed by atoms with Crippen LogP contribution >= 0.6 is 15.9 Å². The highest BCUT2D eigenvalue weighted by Crippen LogP contribution is 2.25. The van der Waals surface area contributed by atoms with Gasteiger partial charge in [-0.25, -0.2) is 4.68 Å². The van der Waals surface area contributed by atoms with E-state index in [0.717, 1.165) is 10.0 Å². The van der Waals surface area contributed by atoms with Gasteiger partial charge in [-0.1, -0.05) is 28.1 Å². The van der Waals surface area contributed by atoms with Crippen molar-refractivity contribution in [1.29, 1.82) is 0 Å². The average molecular weight is 416 g/mol. The second-order valence-corrected chi connectivity index (χ2v) is 6.44. The molecule has 6 nitrogen and oxygen atoms in total. The molecule has 0 fully saturated rings. The Morgan fingerprint density at radius 2 is 1.88 bits per heavy atom. The van der Waals surface area contributed by atoms with Gasteiger partial charge >= 0.3 is 0 Å². The largest absolute Gasteiger partial charge is 0.497 e. The maximum atomic E-state index is 12.7. The standard InChI is InChI=1S/C19H18BrN3O3/c1-25-15-7-8-17(26-2)16(11-15)19(24)22-18-9-10-21-23(18)12-13-3-5-14(20)6-4-13/h3-11H,12H2,1-2H3,(H,22,24). The Bertz CT molecular complexity index is 907. The molecule has 0 unspecified atom stereocenters. The summed E-state index contributed by atoms with van der Waals surface area (Å²) in [6, 6.07) is 14.8. The van der Waals surface area contributed by atoms with E-state index in [9.17, 15) is 4.79 Å². The minimum absolute atomic E-state index is 0.293. The molecule has 0 aliphatic carbocycles. The van der Waals surface area contributed by atoms with Crippen molar-refractivity contribution < 1.29 is 14.3 Å². The molecule has 1 aromatic heterocycles. The van der Waals surface area contributed by atoms with Crippen LogP contribution in [0.5, 0.6) is 11.5 Å². The minimum atomic E-state index is -0.293. The molecule has 3 aromatic rings. The van der Waals surface area contributed by atoms with Crippen LogP contribution in [0.1, 0.15) is 15.9 Å². The zero-order valence-corrected chi connectivity index (χ0v) is 16.0. The first kappa shape index (κ1) is 18.0. The molecule has 3 rings (SSSR count). The average Bonchev–Trinajstić information content (AvgIpc) is 3.09. The first-order chi connectivity index (χ1) is 12.6. The van der Waals surface area contributed by atoms with Crippen LogP contribution in [0, 0.1) is 0 Å². The van der Waals surface area contributed by atoms with Crippen molar-refractivity contribution in [3.05, 3.63) is 70.3 Å². The number of anilines is 1. The van der Waals surface area contributed by atoms with E-state index in [0.29, 0.717) is 29.4 Å². The van der Waals surface area contributed by atoms with E-state index in [-0.39, 0.29) is 5.91 Å². The van der Waals surface area contributed by atoms with Gasteiger partial charge in [0.25, 0.3) is 5.91 Å². The first-order valence-corrected chi connectivity index (χ1v) is 8.69. The number of methoxy groups -OCH3 is 2. The molecule has 0 spiro atoms. The highest BCUT2D eigenvalue weighted by atomic mass is 79.9. The highest BCUT2D eigenvalue weighted by Gasteiger charge is 2.16. The highest BCUT2D eigenvalue weighted by molar-refractivity contribution is 9.10. The number of nitrogens with one attached hydrogen (secondary N) is 1. The van der Waals surface area contributed by atoms with Gasteiger partial charge < -0.3 is 14.8 Å². The summed E-state index contributed by atoms with van der Waals surface area (Å²) in [5, 5.41) is 7.17. The van der Waals surface area contributed by atoms with E-state index in [1.807, 2.05) is 24.3 Å². The van der Waals surface area contributed by atoms with E-state index >= 15 is 0 Å². The van der Waals surface area contributed by atoms with Crippen LogP contribution < -0.4 is 14.8 Å². The summed E-state index contributed by atoms with van der Waals surface area (Å²) in [6.45, 7) is 0.547. The quantitative estimate of drug-likeness (QED) is 0.661. The number of hydrogen-bond acceptors (Lipinski definition) is 4. The third kappa shape index (κ3) is 4.05. The van der Waals surface area contributed by atoms with Gasteiger partial charge in [0.2, 0.25) is 0 Å². The van der Waals surface area contributed by atoms with Crippen LogP contribution in [-0.2, 0) is 6.54 Å². The molecule has 26 heavy (non-hydrogen) atoms. The van der Waals surface area contributed by atoms with Crippen LogP contribution in [0.4, 0.5) is 5.82 Å². The van der Waals surface area contributed by atoms with E-state index in [2.05, 4.69) is 26.3 Å². The predicted molar refractivity (Wildman–Crippen MR) is 103 cm³/mol. The molecule has 0 atom stereocenters. The molecule has 2 aromatic carbocycles. The van der Waals surface area contributed by atoms with Gasteiger partial charge in [-0.05, 0) is 35.9 Å². The lowest BCUT2D eigenvalue weighted by Crippen LogP contribution is -2.17. The molecule has 0 bridgehead atoms. The summed E-state index contributed by atoms with van der Waals surface area (Å²) in [7, 11) is 3.08. The number of nitrogens with zero attached hydrogens (tertiary/aromatic N) is 2. The van der Waals surface area contributed by atoms with Gasteiger partial charge in [0, 0.05) is 10.5 Å². The lowest BCUT2D eigenvalue weighted by molar-refractivity contribution is 0.102. The normalized spacial score (nSPS) is 10.4. The van der Waals surface area contributed by atoms with Crippen molar-refractivity contribution in [1.82, 2.24) is 9.78 Å². The number of ether oxygens (including phenoxy) is 2. The summed E-state index contributed by atoms with van der Waals surface area (Å²) < 4.78 is 13.2. The topological polar surface area (TPSA) is 65.4 Å². The molecule has 0 aliphatic heterocycles. The maximum Gasteiger partial charge on any atom is 0.260 e. The fourth-order valence-electron chi connectivity index (χ4n) is 2.50. The number of carbonyl (C=O) groups is 1. The number of hydrogen-bond donors (Lipinski definition) is 1. The van der Waals surface area contributed by atoms with Crippen molar-refractivity contribution in [2.75, 3.05) is 19.5 Å². The number of carbonyl (C=O) groups excluding carboxylic acids is 1. The fraction of sp³-hybridized carbons (Fsp3) is 0.158. The summed E-state index contributed by atoms with van der Waals surface area (Å²) >= 11 is 3.42.